The van der Waals surface area contributed by atoms with Gasteiger partial charge in [0, 0.05) is 39.3 Å². The normalized spacial score (nSPS) is 18.8. The number of nitrogens with zero attached hydrogens (tertiary/aromatic N) is 4. The minimum absolute atomic E-state index is 0.0503. The lowest BCUT2D eigenvalue weighted by atomic mass is 10.2. The van der Waals surface area contributed by atoms with Gasteiger partial charge < -0.3 is 24.0 Å². The van der Waals surface area contributed by atoms with Crippen LogP contribution in [0.1, 0.15) is 0 Å². The maximum atomic E-state index is 13.2. The quantitative estimate of drug-likeness (QED) is 0.540. The fraction of sp³-hybridized carbons (Fsp3) is 0.440. The number of fused-ring (bicyclic) bond motifs is 1. The number of hydrogen-bond acceptors (Lipinski definition) is 8. The molecule has 12 heteroatoms. The van der Waals surface area contributed by atoms with Gasteiger partial charge in [-0.05, 0) is 30.3 Å². The van der Waals surface area contributed by atoms with Gasteiger partial charge >= 0.3 is 0 Å². The van der Waals surface area contributed by atoms with Gasteiger partial charge in [0.05, 0.1) is 36.6 Å². The van der Waals surface area contributed by atoms with E-state index in [2.05, 4.69) is 4.90 Å². The van der Waals surface area contributed by atoms with Gasteiger partial charge in [-0.25, -0.2) is 8.42 Å². The molecule has 11 nitrogen and oxygen atoms in total. The Morgan fingerprint density at radius 2 is 1.70 bits per heavy atom. The van der Waals surface area contributed by atoms with E-state index in [-0.39, 0.29) is 42.7 Å². The number of carbonyl (C=O) groups is 2. The minimum Gasteiger partial charge on any atom is -0.495 e. The summed E-state index contributed by atoms with van der Waals surface area (Å²) in [5, 5.41) is 0. The molecular weight excluding hydrogens is 500 g/mol. The molecule has 0 radical (unpaired) electrons. The first-order valence-electron chi connectivity index (χ1n) is 12.2. The van der Waals surface area contributed by atoms with Crippen LogP contribution in [0.3, 0.4) is 0 Å². The molecular formula is C25H30N4O7S. The Bertz CT molecular complexity index is 1270. The third-order valence-electron chi connectivity index (χ3n) is 6.83. The summed E-state index contributed by atoms with van der Waals surface area (Å²) in [6.07, 6.45) is 0. The molecule has 3 heterocycles. The zero-order valence-corrected chi connectivity index (χ0v) is 21.5. The van der Waals surface area contributed by atoms with Crippen molar-refractivity contribution in [2.75, 3.05) is 82.5 Å². The molecule has 2 aromatic carbocycles. The third-order valence-corrected chi connectivity index (χ3v) is 8.73. The fourth-order valence-corrected chi connectivity index (χ4v) is 6.20. The Labute approximate surface area is 216 Å². The van der Waals surface area contributed by atoms with Crippen molar-refractivity contribution in [1.29, 1.82) is 0 Å². The molecule has 3 aliphatic heterocycles. The first kappa shape index (κ1) is 25.3. The second-order valence-corrected chi connectivity index (χ2v) is 10.9. The molecule has 0 saturated carbocycles. The average Bonchev–Trinajstić information content (AvgIpc) is 2.94. The van der Waals surface area contributed by atoms with Crippen molar-refractivity contribution in [3.8, 4) is 11.5 Å². The van der Waals surface area contributed by atoms with E-state index in [1.807, 2.05) is 24.3 Å². The molecule has 2 amide bonds. The number of morpholine rings is 1. The lowest BCUT2D eigenvalue weighted by Crippen LogP contribution is -2.53. The predicted octanol–water partition coefficient (Wildman–Crippen LogP) is 0.790. The zero-order chi connectivity index (χ0) is 26.0. The van der Waals surface area contributed by atoms with Gasteiger partial charge in [-0.2, -0.15) is 4.31 Å². The van der Waals surface area contributed by atoms with Crippen LogP contribution in [-0.4, -0.2) is 102 Å². The molecule has 37 heavy (non-hydrogen) atoms. The van der Waals surface area contributed by atoms with Crippen LogP contribution in [0, 0.1) is 0 Å². The van der Waals surface area contributed by atoms with Gasteiger partial charge in [-0.15, -0.1) is 0 Å². The minimum atomic E-state index is -3.77. The summed E-state index contributed by atoms with van der Waals surface area (Å²) in [6, 6.07) is 12.2. The van der Waals surface area contributed by atoms with Crippen molar-refractivity contribution in [1.82, 2.24) is 9.21 Å². The summed E-state index contributed by atoms with van der Waals surface area (Å²) in [5.74, 6) is 0.548. The number of amides is 2. The SMILES string of the molecule is COc1ccccc1N1CCN(C(=O)CN2C(=O)COc3ccc(S(=O)(=O)N4CCOCC4)cc32)CC1. The van der Waals surface area contributed by atoms with Crippen molar-refractivity contribution in [2.24, 2.45) is 0 Å². The van der Waals surface area contributed by atoms with Crippen LogP contribution in [0.2, 0.25) is 0 Å². The number of anilines is 2. The van der Waals surface area contributed by atoms with E-state index in [1.165, 1.54) is 21.3 Å². The maximum absolute atomic E-state index is 13.2. The monoisotopic (exact) mass is 530 g/mol. The van der Waals surface area contributed by atoms with E-state index in [0.29, 0.717) is 45.1 Å². The topological polar surface area (TPSA) is 109 Å². The van der Waals surface area contributed by atoms with Gasteiger partial charge in [-0.1, -0.05) is 12.1 Å². The average molecular weight is 531 g/mol. The maximum Gasteiger partial charge on any atom is 0.265 e. The summed E-state index contributed by atoms with van der Waals surface area (Å²) >= 11 is 0. The van der Waals surface area contributed by atoms with Gasteiger partial charge in [0.1, 0.15) is 18.0 Å². The van der Waals surface area contributed by atoms with Crippen molar-refractivity contribution >= 4 is 33.2 Å². The largest absolute Gasteiger partial charge is 0.495 e. The number of benzene rings is 2. The van der Waals surface area contributed by atoms with E-state index in [4.69, 9.17) is 14.2 Å². The second-order valence-electron chi connectivity index (χ2n) is 8.95. The highest BCUT2D eigenvalue weighted by Crippen LogP contribution is 2.35. The number of ether oxygens (including phenoxy) is 3. The second kappa shape index (κ2) is 10.6. The lowest BCUT2D eigenvalue weighted by molar-refractivity contribution is -0.132. The van der Waals surface area contributed by atoms with Crippen molar-refractivity contribution < 1.29 is 32.2 Å². The Kier molecular flexibility index (Phi) is 7.22. The van der Waals surface area contributed by atoms with E-state index < -0.39 is 15.9 Å². The molecule has 0 spiro atoms. The molecule has 0 bridgehead atoms. The highest BCUT2D eigenvalue weighted by atomic mass is 32.2. The van der Waals surface area contributed by atoms with E-state index in [1.54, 1.807) is 18.1 Å². The summed E-state index contributed by atoms with van der Waals surface area (Å²) in [6.45, 7) is 3.02. The first-order chi connectivity index (χ1) is 17.9. The molecule has 2 fully saturated rings. The zero-order valence-electron chi connectivity index (χ0n) is 20.7. The number of rotatable bonds is 6. The third kappa shape index (κ3) is 5.09. The van der Waals surface area contributed by atoms with E-state index in [0.717, 1.165) is 11.4 Å². The molecule has 2 aromatic rings. The fourth-order valence-electron chi connectivity index (χ4n) is 4.77. The van der Waals surface area contributed by atoms with Gasteiger partial charge in [-0.3, -0.25) is 14.5 Å². The Hall–Kier alpha value is -3.35. The van der Waals surface area contributed by atoms with Crippen LogP contribution in [0.5, 0.6) is 11.5 Å². The number of carbonyl (C=O) groups excluding carboxylic acids is 2. The van der Waals surface area contributed by atoms with Crippen LogP contribution in [0.15, 0.2) is 47.4 Å². The van der Waals surface area contributed by atoms with Crippen LogP contribution in [-0.2, 0) is 24.3 Å². The highest BCUT2D eigenvalue weighted by Gasteiger charge is 2.33. The first-order valence-corrected chi connectivity index (χ1v) is 13.6. The molecule has 3 aliphatic rings. The van der Waals surface area contributed by atoms with Crippen LogP contribution in [0.4, 0.5) is 11.4 Å². The number of sulfonamides is 1. The Balaban J connectivity index is 1.30. The smallest absolute Gasteiger partial charge is 0.265 e. The molecule has 2 saturated heterocycles. The van der Waals surface area contributed by atoms with Crippen molar-refractivity contribution in [2.45, 2.75) is 4.90 Å². The standard InChI is InChI=1S/C25H30N4O7S/c1-34-22-5-3-2-4-20(22)26-8-10-27(11-9-26)24(30)17-29-21-16-19(6-7-23(21)36-18-25(29)31)37(32,33)28-12-14-35-15-13-28/h2-7,16H,8-15,17-18H2,1H3. The Morgan fingerprint density at radius 3 is 2.43 bits per heavy atom. The number of hydrogen-bond donors (Lipinski definition) is 0. The molecule has 198 valence electrons. The van der Waals surface area contributed by atoms with E-state index >= 15 is 0 Å². The van der Waals surface area contributed by atoms with Crippen LogP contribution < -0.4 is 19.3 Å². The van der Waals surface area contributed by atoms with E-state index in [9.17, 15) is 18.0 Å². The number of para-hydroxylation sites is 2. The number of methoxy groups -OCH3 is 1. The number of piperazine rings is 1. The van der Waals surface area contributed by atoms with Gasteiger partial charge in [0.25, 0.3) is 5.91 Å². The van der Waals surface area contributed by atoms with Crippen molar-refractivity contribution in [3.05, 3.63) is 42.5 Å². The van der Waals surface area contributed by atoms with Crippen LogP contribution >= 0.6 is 0 Å². The molecule has 0 unspecified atom stereocenters. The highest BCUT2D eigenvalue weighted by molar-refractivity contribution is 7.89. The molecule has 0 aliphatic carbocycles. The summed E-state index contributed by atoms with van der Waals surface area (Å²) in [7, 11) is -2.14. The molecule has 0 atom stereocenters. The van der Waals surface area contributed by atoms with Gasteiger partial charge in [0.15, 0.2) is 6.61 Å². The Morgan fingerprint density at radius 1 is 0.973 bits per heavy atom. The van der Waals surface area contributed by atoms with Crippen molar-refractivity contribution in [3.63, 3.8) is 0 Å². The summed E-state index contributed by atoms with van der Waals surface area (Å²) < 4.78 is 43.9. The molecule has 0 N–H and O–H groups in total. The molecule has 5 rings (SSSR count). The predicted molar refractivity (Wildman–Crippen MR) is 136 cm³/mol. The van der Waals surface area contributed by atoms with Crippen LogP contribution in [0.25, 0.3) is 0 Å². The summed E-state index contributed by atoms with van der Waals surface area (Å²) in [5.41, 5.74) is 1.26. The summed E-state index contributed by atoms with van der Waals surface area (Å²) in [4.78, 5) is 31.3. The lowest BCUT2D eigenvalue weighted by Gasteiger charge is -2.38. The van der Waals surface area contributed by atoms with Gasteiger partial charge in [0.2, 0.25) is 15.9 Å². The molecule has 0 aromatic heterocycles.